The summed E-state index contributed by atoms with van der Waals surface area (Å²) in [6, 6.07) is 20.6. The number of rotatable bonds is 4. The molecule has 0 fully saturated rings. The molecule has 148 valence electrons. The summed E-state index contributed by atoms with van der Waals surface area (Å²) < 4.78 is 39.0. The van der Waals surface area contributed by atoms with E-state index in [2.05, 4.69) is 0 Å². The van der Waals surface area contributed by atoms with Gasteiger partial charge < -0.3 is 10.0 Å². The van der Waals surface area contributed by atoms with Gasteiger partial charge in [0, 0.05) is 23.2 Å². The normalized spacial score (nSPS) is 18.8. The molecule has 0 aromatic heterocycles. The zero-order chi connectivity index (χ0) is 20.6. The lowest BCUT2D eigenvalue weighted by molar-refractivity contribution is -0.137. The third-order valence-corrected chi connectivity index (χ3v) is 5.22. The molecular formula is C23H18F3NO2. The molecule has 1 aliphatic heterocycles. The summed E-state index contributed by atoms with van der Waals surface area (Å²) in [4.78, 5) is 14.3. The van der Waals surface area contributed by atoms with Crippen LogP contribution in [0.15, 0.2) is 78.9 Å². The molecule has 1 heterocycles. The molecular weight excluding hydrogens is 379 g/mol. The number of benzene rings is 3. The van der Waals surface area contributed by atoms with Crippen LogP contribution in [0.1, 0.15) is 32.6 Å². The van der Waals surface area contributed by atoms with E-state index in [1.807, 2.05) is 6.07 Å². The lowest BCUT2D eigenvalue weighted by Gasteiger charge is -2.35. The Hall–Kier alpha value is -3.12. The Morgan fingerprint density at radius 2 is 1.59 bits per heavy atom. The monoisotopic (exact) mass is 397 g/mol. The van der Waals surface area contributed by atoms with Gasteiger partial charge in [-0.1, -0.05) is 66.7 Å². The van der Waals surface area contributed by atoms with Crippen molar-refractivity contribution in [1.29, 1.82) is 0 Å². The molecule has 0 saturated carbocycles. The number of hydrogen-bond donors (Lipinski definition) is 1. The van der Waals surface area contributed by atoms with Gasteiger partial charge in [-0.15, -0.1) is 0 Å². The number of alkyl halides is 3. The highest BCUT2D eigenvalue weighted by molar-refractivity contribution is 6.00. The molecule has 0 radical (unpaired) electrons. The highest BCUT2D eigenvalue weighted by atomic mass is 19.4. The van der Waals surface area contributed by atoms with Crippen LogP contribution in [-0.2, 0) is 18.3 Å². The summed E-state index contributed by atoms with van der Waals surface area (Å²) in [6.45, 7) is 0.0697. The Balaban J connectivity index is 1.69. The third kappa shape index (κ3) is 3.29. The van der Waals surface area contributed by atoms with Gasteiger partial charge in [-0.3, -0.25) is 4.79 Å². The van der Waals surface area contributed by atoms with Crippen LogP contribution < -0.4 is 0 Å². The van der Waals surface area contributed by atoms with Gasteiger partial charge in [-0.25, -0.2) is 0 Å². The fourth-order valence-corrected chi connectivity index (χ4v) is 3.80. The van der Waals surface area contributed by atoms with Crippen molar-refractivity contribution in [3.8, 4) is 0 Å². The number of amides is 1. The molecule has 3 aromatic rings. The van der Waals surface area contributed by atoms with Crippen molar-refractivity contribution < 1.29 is 23.1 Å². The molecule has 1 unspecified atom stereocenters. The zero-order valence-corrected chi connectivity index (χ0v) is 15.4. The maximum atomic E-state index is 13.0. The average Bonchev–Trinajstić information content (AvgIpc) is 2.95. The first-order chi connectivity index (χ1) is 13.8. The highest BCUT2D eigenvalue weighted by Crippen LogP contribution is 2.42. The number of carbonyl (C=O) groups excluding carboxylic acids is 1. The molecule has 4 rings (SSSR count). The maximum absolute atomic E-state index is 13.0. The van der Waals surface area contributed by atoms with Crippen LogP contribution in [0.3, 0.4) is 0 Å². The SMILES string of the molecule is O=C1c2ccccc2C(O)(c2ccccc2)N1CCc1cccc(C(F)(F)F)c1. The molecule has 3 nitrogen and oxygen atoms in total. The summed E-state index contributed by atoms with van der Waals surface area (Å²) in [7, 11) is 0. The summed E-state index contributed by atoms with van der Waals surface area (Å²) in [5, 5.41) is 11.6. The Morgan fingerprint density at radius 3 is 2.31 bits per heavy atom. The van der Waals surface area contributed by atoms with Gasteiger partial charge in [0.1, 0.15) is 0 Å². The van der Waals surface area contributed by atoms with E-state index in [0.29, 0.717) is 22.3 Å². The van der Waals surface area contributed by atoms with Crippen LogP contribution in [0, 0.1) is 0 Å². The molecule has 1 atom stereocenters. The lowest BCUT2D eigenvalue weighted by Crippen LogP contribution is -2.45. The van der Waals surface area contributed by atoms with Gasteiger partial charge in [0.25, 0.3) is 5.91 Å². The van der Waals surface area contributed by atoms with E-state index in [0.717, 1.165) is 12.1 Å². The zero-order valence-electron chi connectivity index (χ0n) is 15.4. The summed E-state index contributed by atoms with van der Waals surface area (Å²) in [6.07, 6.45) is -4.25. The molecule has 6 heteroatoms. The topological polar surface area (TPSA) is 40.5 Å². The van der Waals surface area contributed by atoms with Crippen LogP contribution in [0.4, 0.5) is 13.2 Å². The standard InChI is InChI=1S/C23H18F3NO2/c24-23(25,26)18-10-6-7-16(15-18)13-14-27-21(28)19-11-4-5-12-20(19)22(27,29)17-8-2-1-3-9-17/h1-12,15,29H,13-14H2. The molecule has 3 aromatic carbocycles. The highest BCUT2D eigenvalue weighted by Gasteiger charge is 2.49. The van der Waals surface area contributed by atoms with Gasteiger partial charge in [0.2, 0.25) is 0 Å². The molecule has 1 N–H and O–H groups in total. The van der Waals surface area contributed by atoms with Crippen molar-refractivity contribution in [3.63, 3.8) is 0 Å². The number of aliphatic hydroxyl groups is 1. The average molecular weight is 397 g/mol. The van der Waals surface area contributed by atoms with Gasteiger partial charge in [-0.05, 0) is 24.1 Å². The first-order valence-electron chi connectivity index (χ1n) is 9.17. The van der Waals surface area contributed by atoms with Crippen molar-refractivity contribution in [2.24, 2.45) is 0 Å². The van der Waals surface area contributed by atoms with Gasteiger partial charge in [0.05, 0.1) is 5.56 Å². The second-order valence-electron chi connectivity index (χ2n) is 6.99. The number of nitrogens with zero attached hydrogens (tertiary/aromatic N) is 1. The van der Waals surface area contributed by atoms with Crippen molar-refractivity contribution in [3.05, 3.63) is 107 Å². The van der Waals surface area contributed by atoms with Gasteiger partial charge in [0.15, 0.2) is 5.72 Å². The first-order valence-corrected chi connectivity index (χ1v) is 9.17. The second kappa shape index (κ2) is 7.04. The molecule has 1 amide bonds. The van der Waals surface area contributed by atoms with Crippen LogP contribution in [0.5, 0.6) is 0 Å². The Bertz CT molecular complexity index is 1050. The van der Waals surface area contributed by atoms with E-state index in [4.69, 9.17) is 0 Å². The van der Waals surface area contributed by atoms with Crippen LogP contribution in [-0.4, -0.2) is 22.5 Å². The van der Waals surface area contributed by atoms with E-state index in [-0.39, 0.29) is 18.9 Å². The van der Waals surface area contributed by atoms with Crippen molar-refractivity contribution in [1.82, 2.24) is 4.90 Å². The molecule has 1 aliphatic rings. The van der Waals surface area contributed by atoms with E-state index in [1.54, 1.807) is 54.6 Å². The Kier molecular flexibility index (Phi) is 4.67. The number of carbonyl (C=O) groups is 1. The largest absolute Gasteiger partial charge is 0.416 e. The van der Waals surface area contributed by atoms with E-state index in [1.165, 1.54) is 11.0 Å². The first kappa shape index (κ1) is 19.2. The minimum Gasteiger partial charge on any atom is -0.363 e. The van der Waals surface area contributed by atoms with E-state index >= 15 is 0 Å². The summed E-state index contributed by atoms with van der Waals surface area (Å²) in [5.74, 6) is -0.348. The minimum atomic E-state index is -4.43. The van der Waals surface area contributed by atoms with Crippen LogP contribution in [0.25, 0.3) is 0 Å². The molecule has 0 saturated heterocycles. The maximum Gasteiger partial charge on any atom is 0.416 e. The molecule has 0 spiro atoms. The smallest absolute Gasteiger partial charge is 0.363 e. The third-order valence-electron chi connectivity index (χ3n) is 5.22. The number of halogens is 3. The second-order valence-corrected chi connectivity index (χ2v) is 6.99. The number of hydrogen-bond acceptors (Lipinski definition) is 2. The Labute approximate surface area is 166 Å². The fourth-order valence-electron chi connectivity index (χ4n) is 3.80. The predicted molar refractivity (Wildman–Crippen MR) is 102 cm³/mol. The van der Waals surface area contributed by atoms with Crippen LogP contribution in [0.2, 0.25) is 0 Å². The summed E-state index contributed by atoms with van der Waals surface area (Å²) >= 11 is 0. The quantitative estimate of drug-likeness (QED) is 0.699. The molecule has 29 heavy (non-hydrogen) atoms. The minimum absolute atomic E-state index is 0.0697. The van der Waals surface area contributed by atoms with E-state index < -0.39 is 17.5 Å². The van der Waals surface area contributed by atoms with Gasteiger partial charge >= 0.3 is 6.18 Å². The van der Waals surface area contributed by atoms with Crippen molar-refractivity contribution >= 4 is 5.91 Å². The molecule has 0 bridgehead atoms. The Morgan fingerprint density at radius 1 is 0.897 bits per heavy atom. The van der Waals surface area contributed by atoms with Gasteiger partial charge in [-0.2, -0.15) is 13.2 Å². The van der Waals surface area contributed by atoms with Crippen molar-refractivity contribution in [2.45, 2.75) is 18.3 Å². The fraction of sp³-hybridized carbons (Fsp3) is 0.174. The van der Waals surface area contributed by atoms with Crippen molar-refractivity contribution in [2.75, 3.05) is 6.54 Å². The summed E-state index contributed by atoms with van der Waals surface area (Å²) in [5.41, 5.74) is -0.565. The lowest BCUT2D eigenvalue weighted by atomic mass is 9.93. The number of fused-ring (bicyclic) bond motifs is 1. The van der Waals surface area contributed by atoms with Crippen LogP contribution >= 0.6 is 0 Å². The van der Waals surface area contributed by atoms with E-state index in [9.17, 15) is 23.1 Å². The predicted octanol–water partition coefficient (Wildman–Crippen LogP) is 4.60. The molecule has 0 aliphatic carbocycles.